The molecule has 0 fully saturated rings. The quantitative estimate of drug-likeness (QED) is 0.854. The number of benzene rings is 1. The molecule has 1 N–H and O–H groups in total. The van der Waals surface area contributed by atoms with Gasteiger partial charge in [-0.3, -0.25) is 9.48 Å². The maximum Gasteiger partial charge on any atom is 0.361 e. The Hall–Kier alpha value is -2.63. The highest BCUT2D eigenvalue weighted by atomic mass is 16.5. The third kappa shape index (κ3) is 4.01. The molecule has 6 nitrogen and oxygen atoms in total. The second-order valence-corrected chi connectivity index (χ2v) is 5.95. The van der Waals surface area contributed by atoms with Crippen LogP contribution in [-0.4, -0.2) is 27.8 Å². The van der Waals surface area contributed by atoms with E-state index in [1.165, 1.54) is 0 Å². The fourth-order valence-electron chi connectivity index (χ4n) is 2.17. The number of amides is 1. The number of aromatic nitrogens is 2. The smallest absolute Gasteiger partial charge is 0.361 e. The van der Waals surface area contributed by atoms with Crippen LogP contribution in [0.15, 0.2) is 24.4 Å². The van der Waals surface area contributed by atoms with Crippen LogP contribution in [0, 0.1) is 13.8 Å². The molecule has 6 heteroatoms. The minimum Gasteiger partial charge on any atom is -0.458 e. The number of anilines is 1. The summed E-state index contributed by atoms with van der Waals surface area (Å²) < 4.78 is 6.78. The summed E-state index contributed by atoms with van der Waals surface area (Å²) in [5, 5.41) is 6.95. The molecule has 1 heterocycles. The van der Waals surface area contributed by atoms with Crippen LogP contribution in [0.4, 0.5) is 5.69 Å². The van der Waals surface area contributed by atoms with Crippen molar-refractivity contribution in [3.05, 3.63) is 46.8 Å². The van der Waals surface area contributed by atoms with Gasteiger partial charge in [0.25, 0.3) is 5.91 Å². The zero-order chi connectivity index (χ0) is 17.9. The topological polar surface area (TPSA) is 73.2 Å². The largest absolute Gasteiger partial charge is 0.458 e. The molecule has 0 atom stereocenters. The van der Waals surface area contributed by atoms with Gasteiger partial charge in [0.2, 0.25) is 0 Å². The molecule has 1 amide bonds. The van der Waals surface area contributed by atoms with Crippen molar-refractivity contribution in [3.63, 3.8) is 0 Å². The van der Waals surface area contributed by atoms with Crippen LogP contribution in [0.2, 0.25) is 0 Å². The number of esters is 1. The first-order chi connectivity index (χ1) is 11.3. The van der Waals surface area contributed by atoms with E-state index in [2.05, 4.69) is 10.4 Å². The van der Waals surface area contributed by atoms with Crippen LogP contribution in [0.25, 0.3) is 0 Å². The van der Waals surface area contributed by atoms with Gasteiger partial charge in [-0.15, -0.1) is 0 Å². The molecule has 0 aliphatic heterocycles. The van der Waals surface area contributed by atoms with Crippen molar-refractivity contribution in [2.75, 3.05) is 5.32 Å². The lowest BCUT2D eigenvalue weighted by atomic mass is 10.1. The average Bonchev–Trinajstić information content (AvgIpc) is 2.92. The molecule has 2 aromatic rings. The predicted molar refractivity (Wildman–Crippen MR) is 92.3 cm³/mol. The van der Waals surface area contributed by atoms with Crippen LogP contribution >= 0.6 is 0 Å². The third-order valence-corrected chi connectivity index (χ3v) is 3.64. The van der Waals surface area contributed by atoms with Crippen molar-refractivity contribution in [3.8, 4) is 0 Å². The fraction of sp³-hybridized carbons (Fsp3) is 0.389. The van der Waals surface area contributed by atoms with Gasteiger partial charge >= 0.3 is 5.97 Å². The van der Waals surface area contributed by atoms with E-state index in [9.17, 15) is 9.59 Å². The van der Waals surface area contributed by atoms with Gasteiger partial charge in [0.1, 0.15) is 0 Å². The van der Waals surface area contributed by atoms with Gasteiger partial charge in [0, 0.05) is 18.3 Å². The highest BCUT2D eigenvalue weighted by Gasteiger charge is 2.21. The van der Waals surface area contributed by atoms with Gasteiger partial charge < -0.3 is 10.1 Å². The number of carbonyl (C=O) groups is 2. The molecular formula is C18H23N3O3. The molecule has 0 saturated carbocycles. The Morgan fingerprint density at radius 2 is 1.96 bits per heavy atom. The third-order valence-electron chi connectivity index (χ3n) is 3.64. The highest BCUT2D eigenvalue weighted by molar-refractivity contribution is 6.07. The first kappa shape index (κ1) is 17.7. The van der Waals surface area contributed by atoms with Crippen LogP contribution in [0.3, 0.4) is 0 Å². The lowest BCUT2D eigenvalue weighted by Gasteiger charge is -2.09. The first-order valence-electron chi connectivity index (χ1n) is 7.98. The molecule has 0 unspecified atom stereocenters. The predicted octanol–water partition coefficient (Wildman–Crippen LogP) is 3.34. The fourth-order valence-corrected chi connectivity index (χ4v) is 2.17. The first-order valence-corrected chi connectivity index (χ1v) is 7.98. The van der Waals surface area contributed by atoms with Crippen LogP contribution < -0.4 is 5.32 Å². The number of nitrogens with zero attached hydrogens (tertiary/aromatic N) is 2. The SMILES string of the molecule is CCn1cc(NC(=O)c2ccc(C)c(C)c2)c(C(=O)OC(C)C)n1. The summed E-state index contributed by atoms with van der Waals surface area (Å²) in [5.41, 5.74) is 3.15. The average molecular weight is 329 g/mol. The Kier molecular flexibility index (Phi) is 5.39. The maximum atomic E-state index is 12.5. The van der Waals surface area contributed by atoms with E-state index in [4.69, 9.17) is 4.74 Å². The summed E-state index contributed by atoms with van der Waals surface area (Å²) in [7, 11) is 0. The monoisotopic (exact) mass is 329 g/mol. The van der Waals surface area contributed by atoms with Crippen molar-refractivity contribution in [1.29, 1.82) is 0 Å². The van der Waals surface area contributed by atoms with E-state index in [1.54, 1.807) is 30.8 Å². The Bertz CT molecular complexity index is 763. The standard InChI is InChI=1S/C18H23N3O3/c1-6-21-10-15(16(20-21)18(23)24-11(2)3)19-17(22)14-8-7-12(4)13(5)9-14/h7-11H,6H2,1-5H3,(H,19,22). The molecule has 128 valence electrons. The number of aryl methyl sites for hydroxylation is 3. The Labute approximate surface area is 141 Å². The summed E-state index contributed by atoms with van der Waals surface area (Å²) in [6, 6.07) is 5.47. The van der Waals surface area contributed by atoms with E-state index in [1.807, 2.05) is 32.9 Å². The van der Waals surface area contributed by atoms with Crippen LogP contribution in [0.5, 0.6) is 0 Å². The number of hydrogen-bond acceptors (Lipinski definition) is 4. The zero-order valence-corrected chi connectivity index (χ0v) is 14.7. The van der Waals surface area contributed by atoms with Gasteiger partial charge in [0.15, 0.2) is 5.69 Å². The molecule has 0 aliphatic rings. The van der Waals surface area contributed by atoms with Gasteiger partial charge in [-0.1, -0.05) is 6.07 Å². The van der Waals surface area contributed by atoms with E-state index >= 15 is 0 Å². The molecule has 1 aromatic heterocycles. The summed E-state index contributed by atoms with van der Waals surface area (Å²) in [4.78, 5) is 24.6. The lowest BCUT2D eigenvalue weighted by Crippen LogP contribution is -2.17. The van der Waals surface area contributed by atoms with Crippen molar-refractivity contribution in [2.24, 2.45) is 0 Å². The molecule has 0 bridgehead atoms. The van der Waals surface area contributed by atoms with Crippen molar-refractivity contribution >= 4 is 17.6 Å². The highest BCUT2D eigenvalue weighted by Crippen LogP contribution is 2.18. The van der Waals surface area contributed by atoms with Crippen LogP contribution in [-0.2, 0) is 11.3 Å². The molecule has 24 heavy (non-hydrogen) atoms. The molecule has 0 spiro atoms. The molecule has 2 rings (SSSR count). The number of ether oxygens (including phenoxy) is 1. The molecule has 0 saturated heterocycles. The van der Waals surface area contributed by atoms with E-state index in [0.29, 0.717) is 17.8 Å². The summed E-state index contributed by atoms with van der Waals surface area (Å²) in [6.07, 6.45) is 1.38. The molecular weight excluding hydrogens is 306 g/mol. The van der Waals surface area contributed by atoms with Gasteiger partial charge in [-0.2, -0.15) is 5.10 Å². The van der Waals surface area contributed by atoms with Crippen molar-refractivity contribution < 1.29 is 14.3 Å². The van der Waals surface area contributed by atoms with Gasteiger partial charge in [-0.25, -0.2) is 4.79 Å². The van der Waals surface area contributed by atoms with Crippen molar-refractivity contribution in [1.82, 2.24) is 9.78 Å². The minimum absolute atomic E-state index is 0.114. The molecule has 1 aromatic carbocycles. The van der Waals surface area contributed by atoms with E-state index in [0.717, 1.165) is 11.1 Å². The summed E-state index contributed by atoms with van der Waals surface area (Å²) in [6.45, 7) is 9.96. The molecule has 0 aliphatic carbocycles. The minimum atomic E-state index is -0.549. The summed E-state index contributed by atoms with van der Waals surface area (Å²) in [5.74, 6) is -0.833. The number of rotatable bonds is 5. The molecule has 0 radical (unpaired) electrons. The number of hydrogen-bond donors (Lipinski definition) is 1. The van der Waals surface area contributed by atoms with Crippen molar-refractivity contribution in [2.45, 2.75) is 47.3 Å². The maximum absolute atomic E-state index is 12.5. The summed E-state index contributed by atoms with van der Waals surface area (Å²) >= 11 is 0. The Morgan fingerprint density at radius 3 is 2.54 bits per heavy atom. The second-order valence-electron chi connectivity index (χ2n) is 5.95. The van der Waals surface area contributed by atoms with Gasteiger partial charge in [-0.05, 0) is 57.9 Å². The lowest BCUT2D eigenvalue weighted by molar-refractivity contribution is 0.0371. The Balaban J connectivity index is 2.27. The van der Waals surface area contributed by atoms with E-state index in [-0.39, 0.29) is 17.7 Å². The number of carbonyl (C=O) groups excluding carboxylic acids is 2. The second kappa shape index (κ2) is 7.29. The zero-order valence-electron chi connectivity index (χ0n) is 14.7. The normalized spacial score (nSPS) is 10.8. The van der Waals surface area contributed by atoms with Crippen LogP contribution in [0.1, 0.15) is 52.7 Å². The van der Waals surface area contributed by atoms with E-state index < -0.39 is 5.97 Å². The van der Waals surface area contributed by atoms with Gasteiger partial charge in [0.05, 0.1) is 11.8 Å². The number of nitrogens with one attached hydrogen (secondary N) is 1. The Morgan fingerprint density at radius 1 is 1.25 bits per heavy atom.